The monoisotopic (exact) mass is 202 g/mol. The van der Waals surface area contributed by atoms with Gasteiger partial charge < -0.3 is 10.8 Å². The first-order valence-corrected chi connectivity index (χ1v) is 4.97. The van der Waals surface area contributed by atoms with Gasteiger partial charge in [0.2, 0.25) is 0 Å². The highest BCUT2D eigenvalue weighted by Gasteiger charge is 2.14. The van der Waals surface area contributed by atoms with Crippen LogP contribution in [0.2, 0.25) is 0 Å². The Hall–Kier alpha value is -1.45. The Labute approximate surface area is 88.6 Å². The molecular weight excluding hydrogens is 188 g/mol. The molecular formula is C12H14N2O. The van der Waals surface area contributed by atoms with Gasteiger partial charge in [0, 0.05) is 11.6 Å². The lowest BCUT2D eigenvalue weighted by Gasteiger charge is -2.16. The second-order valence-electron chi connectivity index (χ2n) is 3.68. The molecule has 0 aliphatic rings. The number of benzene rings is 1. The van der Waals surface area contributed by atoms with Gasteiger partial charge in [0.15, 0.2) is 0 Å². The fourth-order valence-electron chi connectivity index (χ4n) is 1.67. The summed E-state index contributed by atoms with van der Waals surface area (Å²) in [4.78, 5) is 4.25. The van der Waals surface area contributed by atoms with Crippen LogP contribution in [-0.2, 0) is 0 Å². The van der Waals surface area contributed by atoms with E-state index >= 15 is 0 Å². The Morgan fingerprint density at radius 3 is 2.73 bits per heavy atom. The molecule has 3 N–H and O–H groups in total. The summed E-state index contributed by atoms with van der Waals surface area (Å²) in [5.74, 6) is 0. The van der Waals surface area contributed by atoms with Gasteiger partial charge >= 0.3 is 0 Å². The van der Waals surface area contributed by atoms with Crippen molar-refractivity contribution in [2.75, 3.05) is 0 Å². The number of hydrogen-bond acceptors (Lipinski definition) is 3. The third-order valence-corrected chi connectivity index (χ3v) is 2.56. The van der Waals surface area contributed by atoms with E-state index in [2.05, 4.69) is 4.98 Å². The van der Waals surface area contributed by atoms with Gasteiger partial charge in [0.05, 0.1) is 17.7 Å². The largest absolute Gasteiger partial charge is 0.391 e. The Kier molecular flexibility index (Phi) is 2.66. The predicted molar refractivity (Wildman–Crippen MR) is 60.4 cm³/mol. The molecule has 0 saturated heterocycles. The summed E-state index contributed by atoms with van der Waals surface area (Å²) in [6.07, 6.45) is 1.16. The van der Waals surface area contributed by atoms with Crippen molar-refractivity contribution in [3.8, 4) is 0 Å². The number of aliphatic hydroxyl groups is 1. The number of pyridine rings is 1. The van der Waals surface area contributed by atoms with Crippen LogP contribution in [-0.4, -0.2) is 16.2 Å². The van der Waals surface area contributed by atoms with E-state index in [4.69, 9.17) is 5.73 Å². The molecule has 0 fully saturated rings. The van der Waals surface area contributed by atoms with Crippen LogP contribution in [0.25, 0.3) is 10.9 Å². The summed E-state index contributed by atoms with van der Waals surface area (Å²) in [5, 5.41) is 10.5. The smallest absolute Gasteiger partial charge is 0.0705 e. The van der Waals surface area contributed by atoms with Crippen LogP contribution in [0.5, 0.6) is 0 Å². The van der Waals surface area contributed by atoms with E-state index in [-0.39, 0.29) is 6.04 Å². The molecule has 0 unspecified atom stereocenters. The molecule has 2 atom stereocenters. The fourth-order valence-corrected chi connectivity index (χ4v) is 1.67. The number of nitrogens with zero attached hydrogens (tertiary/aromatic N) is 1. The lowest BCUT2D eigenvalue weighted by atomic mass is 9.99. The van der Waals surface area contributed by atoms with Crippen molar-refractivity contribution in [2.24, 2.45) is 5.73 Å². The molecule has 0 amide bonds. The molecule has 15 heavy (non-hydrogen) atoms. The van der Waals surface area contributed by atoms with E-state index in [0.29, 0.717) is 0 Å². The molecule has 1 aromatic heterocycles. The molecule has 3 nitrogen and oxygen atoms in total. The van der Waals surface area contributed by atoms with Gasteiger partial charge in [0.25, 0.3) is 0 Å². The first-order valence-electron chi connectivity index (χ1n) is 4.97. The highest BCUT2D eigenvalue weighted by atomic mass is 16.3. The van der Waals surface area contributed by atoms with Gasteiger partial charge in [-0.15, -0.1) is 0 Å². The molecule has 0 spiro atoms. The molecule has 0 radical (unpaired) electrons. The minimum absolute atomic E-state index is 0.363. The lowest BCUT2D eigenvalue weighted by molar-refractivity contribution is 0.165. The summed E-state index contributed by atoms with van der Waals surface area (Å²) in [5.41, 5.74) is 7.77. The van der Waals surface area contributed by atoms with Crippen LogP contribution in [0.4, 0.5) is 0 Å². The van der Waals surface area contributed by atoms with Gasteiger partial charge in [-0.05, 0) is 24.6 Å². The maximum absolute atomic E-state index is 9.49. The molecule has 3 heteroatoms. The van der Waals surface area contributed by atoms with Gasteiger partial charge in [0.1, 0.15) is 0 Å². The van der Waals surface area contributed by atoms with Gasteiger partial charge in [-0.25, -0.2) is 0 Å². The molecule has 0 aliphatic carbocycles. The number of rotatable bonds is 2. The van der Waals surface area contributed by atoms with Crippen LogP contribution >= 0.6 is 0 Å². The summed E-state index contributed by atoms with van der Waals surface area (Å²) < 4.78 is 0. The second-order valence-corrected chi connectivity index (χ2v) is 3.68. The number of fused-ring (bicyclic) bond motifs is 1. The topological polar surface area (TPSA) is 59.1 Å². The number of nitrogens with two attached hydrogens (primary N) is 1. The highest BCUT2D eigenvalue weighted by Crippen LogP contribution is 2.22. The standard InChI is InChI=1S/C12H14N2O/c1-8(15)12(13)10-6-7-14-11-5-3-2-4-9(10)11/h2-8,12,15H,13H2,1H3/t8-,12+/m1/s1. The van der Waals surface area contributed by atoms with E-state index in [1.165, 1.54) is 0 Å². The first kappa shape index (κ1) is 10.1. The first-order chi connectivity index (χ1) is 7.20. The van der Waals surface area contributed by atoms with E-state index in [1.54, 1.807) is 13.1 Å². The van der Waals surface area contributed by atoms with Crippen molar-refractivity contribution in [2.45, 2.75) is 19.1 Å². The summed E-state index contributed by atoms with van der Waals surface area (Å²) in [7, 11) is 0. The molecule has 0 aliphatic heterocycles. The van der Waals surface area contributed by atoms with Crippen LogP contribution in [0, 0.1) is 0 Å². The molecule has 0 saturated carbocycles. The quantitative estimate of drug-likeness (QED) is 0.778. The minimum atomic E-state index is -0.559. The zero-order valence-electron chi connectivity index (χ0n) is 8.59. The average Bonchev–Trinajstić information content (AvgIpc) is 2.27. The average molecular weight is 202 g/mol. The zero-order valence-corrected chi connectivity index (χ0v) is 8.59. The Morgan fingerprint density at radius 1 is 1.27 bits per heavy atom. The summed E-state index contributed by atoms with van der Waals surface area (Å²) >= 11 is 0. The number of hydrogen-bond donors (Lipinski definition) is 2. The van der Waals surface area contributed by atoms with Crippen molar-refractivity contribution in [1.82, 2.24) is 4.98 Å². The van der Waals surface area contributed by atoms with E-state index in [1.807, 2.05) is 30.3 Å². The van der Waals surface area contributed by atoms with Gasteiger partial charge in [-0.3, -0.25) is 4.98 Å². The van der Waals surface area contributed by atoms with Crippen molar-refractivity contribution in [1.29, 1.82) is 0 Å². The maximum atomic E-state index is 9.49. The molecule has 1 aromatic carbocycles. The van der Waals surface area contributed by atoms with Crippen LogP contribution in [0.1, 0.15) is 18.5 Å². The third kappa shape index (κ3) is 1.84. The predicted octanol–water partition coefficient (Wildman–Crippen LogP) is 1.62. The number of aliphatic hydroxyl groups excluding tert-OH is 1. The fraction of sp³-hybridized carbons (Fsp3) is 0.250. The summed E-state index contributed by atoms with van der Waals surface area (Å²) in [6, 6.07) is 9.29. The van der Waals surface area contributed by atoms with Crippen LogP contribution in [0.15, 0.2) is 36.5 Å². The molecule has 0 bridgehead atoms. The van der Waals surface area contributed by atoms with Crippen molar-refractivity contribution in [3.63, 3.8) is 0 Å². The highest BCUT2D eigenvalue weighted by molar-refractivity contribution is 5.82. The summed E-state index contributed by atoms with van der Waals surface area (Å²) in [6.45, 7) is 1.69. The lowest BCUT2D eigenvalue weighted by Crippen LogP contribution is -2.23. The van der Waals surface area contributed by atoms with Gasteiger partial charge in [-0.1, -0.05) is 18.2 Å². The SMILES string of the molecule is C[C@@H](O)[C@H](N)c1ccnc2ccccc12. The van der Waals surface area contributed by atoms with Crippen LogP contribution in [0.3, 0.4) is 0 Å². The minimum Gasteiger partial charge on any atom is -0.391 e. The van der Waals surface area contributed by atoms with E-state index in [0.717, 1.165) is 16.5 Å². The van der Waals surface area contributed by atoms with Crippen LogP contribution < -0.4 is 5.73 Å². The van der Waals surface area contributed by atoms with Crippen molar-refractivity contribution < 1.29 is 5.11 Å². The normalized spacial score (nSPS) is 15.1. The Balaban J connectivity index is 2.60. The second kappa shape index (κ2) is 3.96. The Bertz CT molecular complexity index is 463. The zero-order chi connectivity index (χ0) is 10.8. The van der Waals surface area contributed by atoms with Gasteiger partial charge in [-0.2, -0.15) is 0 Å². The van der Waals surface area contributed by atoms with E-state index in [9.17, 15) is 5.11 Å². The molecule has 2 aromatic rings. The maximum Gasteiger partial charge on any atom is 0.0705 e. The molecule has 2 rings (SSSR count). The Morgan fingerprint density at radius 2 is 2.00 bits per heavy atom. The molecule has 78 valence electrons. The van der Waals surface area contributed by atoms with Crippen molar-refractivity contribution in [3.05, 3.63) is 42.1 Å². The van der Waals surface area contributed by atoms with E-state index < -0.39 is 6.10 Å². The number of aromatic nitrogens is 1. The van der Waals surface area contributed by atoms with Crippen molar-refractivity contribution >= 4 is 10.9 Å². The third-order valence-electron chi connectivity index (χ3n) is 2.56. The molecule has 1 heterocycles. The number of para-hydroxylation sites is 1.